The molecule has 0 radical (unpaired) electrons. The molecule has 68 valence electrons. The lowest BCUT2D eigenvalue weighted by atomic mass is 10.1. The topological polar surface area (TPSA) is 35.8 Å². The van der Waals surface area contributed by atoms with Crippen LogP contribution in [0.2, 0.25) is 10.0 Å². The number of nitrogens with zero attached hydrogens (tertiary/aromatic N) is 1. The maximum absolute atomic E-state index is 8.80. The van der Waals surface area contributed by atoms with Gasteiger partial charge in [0.05, 0.1) is 6.07 Å². The van der Waals surface area contributed by atoms with Crippen molar-refractivity contribution in [3.8, 4) is 6.07 Å². The van der Waals surface area contributed by atoms with Gasteiger partial charge in [-0.15, -0.1) is 0 Å². The minimum Gasteiger partial charge on any atom is -0.301 e. The zero-order valence-corrected chi connectivity index (χ0v) is 8.52. The molecule has 0 spiro atoms. The third-order valence-corrected chi connectivity index (χ3v) is 2.37. The van der Waals surface area contributed by atoms with Crippen molar-refractivity contribution in [1.29, 1.82) is 5.26 Å². The van der Waals surface area contributed by atoms with E-state index in [1.165, 1.54) is 0 Å². The molecule has 1 aromatic carbocycles. The normalized spacial score (nSPS) is 12.2. The Morgan fingerprint density at radius 2 is 1.92 bits per heavy atom. The van der Waals surface area contributed by atoms with E-state index in [0.29, 0.717) is 15.6 Å². The van der Waals surface area contributed by atoms with Gasteiger partial charge in [-0.25, -0.2) is 0 Å². The Kier molecular flexibility index (Phi) is 3.56. The smallest absolute Gasteiger partial charge is 0.124 e. The van der Waals surface area contributed by atoms with Gasteiger partial charge < -0.3 is 5.32 Å². The molecule has 0 amide bonds. The first-order valence-corrected chi connectivity index (χ1v) is 4.47. The molecule has 1 atom stereocenters. The van der Waals surface area contributed by atoms with Gasteiger partial charge in [-0.05, 0) is 19.2 Å². The molecule has 1 unspecified atom stereocenters. The van der Waals surface area contributed by atoms with Crippen molar-refractivity contribution in [3.05, 3.63) is 33.8 Å². The van der Waals surface area contributed by atoms with Crippen LogP contribution in [0.5, 0.6) is 0 Å². The number of nitrogens with one attached hydrogen (secondary N) is 1. The van der Waals surface area contributed by atoms with E-state index in [4.69, 9.17) is 28.5 Å². The predicted octanol–water partition coefficient (Wildman–Crippen LogP) is 2.78. The molecule has 2 nitrogen and oxygen atoms in total. The van der Waals surface area contributed by atoms with Crippen molar-refractivity contribution in [3.63, 3.8) is 0 Å². The maximum atomic E-state index is 8.80. The lowest BCUT2D eigenvalue weighted by Gasteiger charge is -2.11. The zero-order valence-electron chi connectivity index (χ0n) is 7.01. The molecule has 0 aliphatic carbocycles. The Morgan fingerprint density at radius 1 is 1.38 bits per heavy atom. The Bertz CT molecular complexity index is 324. The van der Waals surface area contributed by atoms with Crippen LogP contribution in [0.25, 0.3) is 0 Å². The summed E-state index contributed by atoms with van der Waals surface area (Å²) < 4.78 is 0. The van der Waals surface area contributed by atoms with E-state index >= 15 is 0 Å². The number of rotatable bonds is 2. The molecular formula is C9H8Cl2N2. The molecule has 4 heteroatoms. The largest absolute Gasteiger partial charge is 0.301 e. The SMILES string of the molecule is CNC(C#N)c1c(Cl)cccc1Cl. The molecule has 1 N–H and O–H groups in total. The summed E-state index contributed by atoms with van der Waals surface area (Å²) in [6, 6.07) is 6.79. The van der Waals surface area contributed by atoms with Crippen molar-refractivity contribution < 1.29 is 0 Å². The van der Waals surface area contributed by atoms with Crippen LogP contribution in [0, 0.1) is 11.3 Å². The van der Waals surface area contributed by atoms with Crippen molar-refractivity contribution in [1.82, 2.24) is 5.32 Å². The van der Waals surface area contributed by atoms with Gasteiger partial charge in [-0.2, -0.15) is 5.26 Å². The lowest BCUT2D eigenvalue weighted by molar-refractivity contribution is 0.727. The van der Waals surface area contributed by atoms with E-state index < -0.39 is 6.04 Å². The first-order valence-electron chi connectivity index (χ1n) is 3.71. The van der Waals surface area contributed by atoms with Crippen molar-refractivity contribution >= 4 is 23.2 Å². The van der Waals surface area contributed by atoms with E-state index in [-0.39, 0.29) is 0 Å². The summed E-state index contributed by atoms with van der Waals surface area (Å²) >= 11 is 11.8. The molecule has 13 heavy (non-hydrogen) atoms. The first kappa shape index (κ1) is 10.3. The van der Waals surface area contributed by atoms with Crippen molar-refractivity contribution in [2.75, 3.05) is 7.05 Å². The molecular weight excluding hydrogens is 207 g/mol. The molecule has 0 aliphatic rings. The predicted molar refractivity (Wildman–Crippen MR) is 53.9 cm³/mol. The van der Waals surface area contributed by atoms with Gasteiger partial charge in [-0.1, -0.05) is 29.3 Å². The summed E-state index contributed by atoms with van der Waals surface area (Å²) in [6.45, 7) is 0. The Labute approximate surface area is 87.1 Å². The number of benzene rings is 1. The van der Waals surface area contributed by atoms with Gasteiger partial charge in [-0.3, -0.25) is 0 Å². The lowest BCUT2D eigenvalue weighted by Crippen LogP contribution is -2.14. The van der Waals surface area contributed by atoms with Crippen LogP contribution in [-0.4, -0.2) is 7.05 Å². The van der Waals surface area contributed by atoms with Gasteiger partial charge in [0.15, 0.2) is 0 Å². The fourth-order valence-electron chi connectivity index (χ4n) is 1.06. The highest BCUT2D eigenvalue weighted by atomic mass is 35.5. The fourth-order valence-corrected chi connectivity index (χ4v) is 1.68. The number of hydrogen-bond acceptors (Lipinski definition) is 2. The molecule has 0 bridgehead atoms. The van der Waals surface area contributed by atoms with Crippen LogP contribution in [0.1, 0.15) is 11.6 Å². The van der Waals surface area contributed by atoms with Crippen LogP contribution in [0.4, 0.5) is 0 Å². The Hall–Kier alpha value is -0.750. The van der Waals surface area contributed by atoms with E-state index in [2.05, 4.69) is 11.4 Å². The number of hydrogen-bond donors (Lipinski definition) is 1. The summed E-state index contributed by atoms with van der Waals surface area (Å²) in [4.78, 5) is 0. The van der Waals surface area contributed by atoms with E-state index in [9.17, 15) is 0 Å². The van der Waals surface area contributed by atoms with Gasteiger partial charge >= 0.3 is 0 Å². The second kappa shape index (κ2) is 4.48. The summed E-state index contributed by atoms with van der Waals surface area (Å²) in [5, 5.41) is 12.6. The zero-order chi connectivity index (χ0) is 9.84. The van der Waals surface area contributed by atoms with Crippen LogP contribution >= 0.6 is 23.2 Å². The number of nitriles is 1. The van der Waals surface area contributed by atoms with Gasteiger partial charge in [0, 0.05) is 15.6 Å². The molecule has 0 heterocycles. The van der Waals surface area contributed by atoms with Gasteiger partial charge in [0.25, 0.3) is 0 Å². The highest BCUT2D eigenvalue weighted by molar-refractivity contribution is 6.36. The highest BCUT2D eigenvalue weighted by Crippen LogP contribution is 2.29. The summed E-state index contributed by atoms with van der Waals surface area (Å²) in [5.41, 5.74) is 0.635. The van der Waals surface area contributed by atoms with Crippen LogP contribution < -0.4 is 5.32 Å². The standard InChI is InChI=1S/C9H8Cl2N2/c1-13-8(5-12)9-6(10)3-2-4-7(9)11/h2-4,8,13H,1H3. The van der Waals surface area contributed by atoms with Crippen LogP contribution in [-0.2, 0) is 0 Å². The quantitative estimate of drug-likeness (QED) is 0.823. The minimum atomic E-state index is -0.457. The fraction of sp³-hybridized carbons (Fsp3) is 0.222. The first-order chi connectivity index (χ1) is 6.20. The molecule has 1 rings (SSSR count). The third kappa shape index (κ3) is 2.13. The van der Waals surface area contributed by atoms with Crippen LogP contribution in [0.3, 0.4) is 0 Å². The van der Waals surface area contributed by atoms with Gasteiger partial charge in [0.2, 0.25) is 0 Å². The molecule has 0 fully saturated rings. The van der Waals surface area contributed by atoms with E-state index in [0.717, 1.165) is 0 Å². The summed E-state index contributed by atoms with van der Waals surface area (Å²) in [5.74, 6) is 0. The second-order valence-electron chi connectivity index (χ2n) is 2.49. The Morgan fingerprint density at radius 3 is 2.31 bits per heavy atom. The number of halogens is 2. The average molecular weight is 215 g/mol. The maximum Gasteiger partial charge on any atom is 0.124 e. The minimum absolute atomic E-state index is 0.457. The summed E-state index contributed by atoms with van der Waals surface area (Å²) in [7, 11) is 1.69. The van der Waals surface area contributed by atoms with E-state index in [1.807, 2.05) is 0 Å². The van der Waals surface area contributed by atoms with Crippen LogP contribution in [0.15, 0.2) is 18.2 Å². The van der Waals surface area contributed by atoms with E-state index in [1.54, 1.807) is 25.2 Å². The monoisotopic (exact) mass is 214 g/mol. The molecule has 0 aromatic heterocycles. The molecule has 0 saturated carbocycles. The summed E-state index contributed by atoms with van der Waals surface area (Å²) in [6.07, 6.45) is 0. The molecule has 0 aliphatic heterocycles. The molecule has 1 aromatic rings. The molecule has 0 saturated heterocycles. The highest BCUT2D eigenvalue weighted by Gasteiger charge is 2.14. The van der Waals surface area contributed by atoms with Crippen molar-refractivity contribution in [2.45, 2.75) is 6.04 Å². The van der Waals surface area contributed by atoms with Gasteiger partial charge in [0.1, 0.15) is 6.04 Å². The average Bonchev–Trinajstić information content (AvgIpc) is 2.11. The Balaban J connectivity index is 3.20. The third-order valence-electron chi connectivity index (χ3n) is 1.71. The second-order valence-corrected chi connectivity index (χ2v) is 3.30. The van der Waals surface area contributed by atoms with Crippen molar-refractivity contribution in [2.24, 2.45) is 0 Å².